The summed E-state index contributed by atoms with van der Waals surface area (Å²) in [6.07, 6.45) is 2.50. The lowest BCUT2D eigenvalue weighted by Gasteiger charge is -2.21. The summed E-state index contributed by atoms with van der Waals surface area (Å²) in [5.41, 5.74) is 0.716. The molecule has 144 valence electrons. The average molecular weight is 369 g/mol. The van der Waals surface area contributed by atoms with E-state index in [1.165, 1.54) is 12.8 Å². The maximum atomic E-state index is 12.2. The number of hydrogen-bond donors (Lipinski definition) is 2. The van der Waals surface area contributed by atoms with Gasteiger partial charge in [-0.25, -0.2) is 4.79 Å². The first kappa shape index (κ1) is 19.0. The van der Waals surface area contributed by atoms with E-state index in [0.29, 0.717) is 22.9 Å². The Bertz CT molecular complexity index is 743. The number of methoxy groups -OCH3 is 1. The van der Waals surface area contributed by atoms with E-state index in [4.69, 9.17) is 9.47 Å². The van der Waals surface area contributed by atoms with Gasteiger partial charge in [-0.2, -0.15) is 0 Å². The van der Waals surface area contributed by atoms with Crippen molar-refractivity contribution in [2.45, 2.75) is 25.8 Å². The summed E-state index contributed by atoms with van der Waals surface area (Å²) in [7, 11) is 1.61. The second-order valence-corrected chi connectivity index (χ2v) is 6.78. The van der Waals surface area contributed by atoms with Crippen molar-refractivity contribution < 1.29 is 14.3 Å². The Morgan fingerprint density at radius 1 is 1.07 bits per heavy atom. The van der Waals surface area contributed by atoms with Gasteiger partial charge in [-0.1, -0.05) is 12.1 Å². The van der Waals surface area contributed by atoms with Crippen molar-refractivity contribution in [3.8, 4) is 17.2 Å². The van der Waals surface area contributed by atoms with Crippen LogP contribution in [0.25, 0.3) is 0 Å². The summed E-state index contributed by atoms with van der Waals surface area (Å²) in [6, 6.07) is 14.6. The molecule has 0 aromatic heterocycles. The van der Waals surface area contributed by atoms with Crippen LogP contribution in [0.5, 0.6) is 17.2 Å². The van der Waals surface area contributed by atoms with Crippen LogP contribution in [0.4, 0.5) is 10.5 Å². The zero-order chi connectivity index (χ0) is 19.1. The lowest BCUT2D eigenvalue weighted by Crippen LogP contribution is -2.42. The third-order valence-electron chi connectivity index (χ3n) is 4.52. The fourth-order valence-electron chi connectivity index (χ4n) is 3.23. The van der Waals surface area contributed by atoms with Crippen LogP contribution in [0.2, 0.25) is 0 Å². The van der Waals surface area contributed by atoms with E-state index in [1.807, 2.05) is 55.5 Å². The Balaban J connectivity index is 1.50. The van der Waals surface area contributed by atoms with Crippen molar-refractivity contribution in [3.63, 3.8) is 0 Å². The van der Waals surface area contributed by atoms with Gasteiger partial charge in [0, 0.05) is 18.3 Å². The standard InChI is InChI=1S/C21H27N3O3/c1-16(15-24-13-5-6-14-24)22-21(25)23-17-9-11-18(12-10-17)27-20-8-4-3-7-19(20)26-2/h3-4,7-12,16H,5-6,13-15H2,1-2H3,(H2,22,23,25)/t16-/m0/s1. The van der Waals surface area contributed by atoms with Gasteiger partial charge >= 0.3 is 6.03 Å². The van der Waals surface area contributed by atoms with Gasteiger partial charge in [-0.05, 0) is 69.3 Å². The lowest BCUT2D eigenvalue weighted by atomic mass is 10.3. The predicted molar refractivity (Wildman–Crippen MR) is 107 cm³/mol. The van der Waals surface area contributed by atoms with E-state index < -0.39 is 0 Å². The Morgan fingerprint density at radius 2 is 1.74 bits per heavy atom. The summed E-state index contributed by atoms with van der Waals surface area (Å²) in [5.74, 6) is 1.99. The van der Waals surface area contributed by atoms with Crippen molar-refractivity contribution in [2.75, 3.05) is 32.1 Å². The topological polar surface area (TPSA) is 62.8 Å². The van der Waals surface area contributed by atoms with Crippen LogP contribution in [0.15, 0.2) is 48.5 Å². The molecule has 6 nitrogen and oxygen atoms in total. The van der Waals surface area contributed by atoms with Crippen LogP contribution < -0.4 is 20.1 Å². The maximum absolute atomic E-state index is 12.2. The number of amides is 2. The van der Waals surface area contributed by atoms with Gasteiger partial charge in [0.15, 0.2) is 11.5 Å². The number of para-hydroxylation sites is 2. The Morgan fingerprint density at radius 3 is 2.41 bits per heavy atom. The van der Waals surface area contributed by atoms with Gasteiger partial charge in [0.2, 0.25) is 0 Å². The zero-order valence-corrected chi connectivity index (χ0v) is 15.9. The van der Waals surface area contributed by atoms with Crippen molar-refractivity contribution >= 4 is 11.7 Å². The zero-order valence-electron chi connectivity index (χ0n) is 15.9. The summed E-state index contributed by atoms with van der Waals surface area (Å²) in [5, 5.41) is 5.85. The molecule has 2 N–H and O–H groups in total. The van der Waals surface area contributed by atoms with Crippen LogP contribution in [0.1, 0.15) is 19.8 Å². The van der Waals surface area contributed by atoms with E-state index in [9.17, 15) is 4.79 Å². The molecule has 2 aromatic carbocycles. The summed E-state index contributed by atoms with van der Waals surface area (Å²) >= 11 is 0. The summed E-state index contributed by atoms with van der Waals surface area (Å²) < 4.78 is 11.1. The van der Waals surface area contributed by atoms with E-state index in [2.05, 4.69) is 15.5 Å². The minimum atomic E-state index is -0.194. The molecule has 1 heterocycles. The Hall–Kier alpha value is -2.73. The van der Waals surface area contributed by atoms with Crippen LogP contribution in [-0.2, 0) is 0 Å². The first-order valence-electron chi connectivity index (χ1n) is 9.35. The molecule has 1 fully saturated rings. The number of urea groups is 1. The molecule has 2 amide bonds. The van der Waals surface area contributed by atoms with E-state index in [-0.39, 0.29) is 12.1 Å². The Kier molecular flexibility index (Phi) is 6.54. The first-order valence-corrected chi connectivity index (χ1v) is 9.35. The van der Waals surface area contributed by atoms with E-state index in [1.54, 1.807) is 7.11 Å². The molecule has 0 unspecified atom stereocenters. The molecule has 1 saturated heterocycles. The minimum Gasteiger partial charge on any atom is -0.493 e. The van der Waals surface area contributed by atoms with Gasteiger partial charge < -0.3 is 25.0 Å². The molecule has 2 aromatic rings. The normalized spacial score (nSPS) is 15.2. The number of carbonyl (C=O) groups is 1. The molecule has 0 bridgehead atoms. The number of carbonyl (C=O) groups excluding carboxylic acids is 1. The van der Waals surface area contributed by atoms with E-state index >= 15 is 0 Å². The summed E-state index contributed by atoms with van der Waals surface area (Å²) in [6.45, 7) is 5.17. The number of hydrogen-bond acceptors (Lipinski definition) is 4. The van der Waals surface area contributed by atoms with Gasteiger partial charge in [0.25, 0.3) is 0 Å². The molecule has 1 atom stereocenters. The predicted octanol–water partition coefficient (Wildman–Crippen LogP) is 4.09. The maximum Gasteiger partial charge on any atom is 0.319 e. The molecule has 6 heteroatoms. The highest BCUT2D eigenvalue weighted by Gasteiger charge is 2.16. The van der Waals surface area contributed by atoms with Crippen LogP contribution in [-0.4, -0.2) is 43.7 Å². The number of benzene rings is 2. The highest BCUT2D eigenvalue weighted by molar-refractivity contribution is 5.89. The highest BCUT2D eigenvalue weighted by Crippen LogP contribution is 2.31. The van der Waals surface area contributed by atoms with Gasteiger partial charge in [0.05, 0.1) is 7.11 Å². The average Bonchev–Trinajstić information content (AvgIpc) is 3.16. The molecule has 27 heavy (non-hydrogen) atoms. The molecular weight excluding hydrogens is 342 g/mol. The number of anilines is 1. The molecular formula is C21H27N3O3. The fraction of sp³-hybridized carbons (Fsp3) is 0.381. The third kappa shape index (κ3) is 5.62. The lowest BCUT2D eigenvalue weighted by molar-refractivity contribution is 0.242. The molecule has 0 saturated carbocycles. The molecule has 0 aliphatic carbocycles. The molecule has 0 radical (unpaired) electrons. The van der Waals surface area contributed by atoms with Crippen LogP contribution >= 0.6 is 0 Å². The molecule has 1 aliphatic rings. The third-order valence-corrected chi connectivity index (χ3v) is 4.52. The van der Waals surface area contributed by atoms with Gasteiger partial charge in [-0.15, -0.1) is 0 Å². The monoisotopic (exact) mass is 369 g/mol. The van der Waals surface area contributed by atoms with Gasteiger partial charge in [-0.3, -0.25) is 0 Å². The van der Waals surface area contributed by atoms with Gasteiger partial charge in [0.1, 0.15) is 5.75 Å². The van der Waals surface area contributed by atoms with E-state index in [0.717, 1.165) is 19.6 Å². The van der Waals surface area contributed by atoms with Crippen LogP contribution in [0.3, 0.4) is 0 Å². The first-order chi connectivity index (χ1) is 13.1. The number of nitrogens with zero attached hydrogens (tertiary/aromatic N) is 1. The van der Waals surface area contributed by atoms with Crippen molar-refractivity contribution in [1.82, 2.24) is 10.2 Å². The second-order valence-electron chi connectivity index (χ2n) is 6.78. The molecule has 1 aliphatic heterocycles. The molecule has 0 spiro atoms. The minimum absolute atomic E-state index is 0.108. The second kappa shape index (κ2) is 9.28. The fourth-order valence-corrected chi connectivity index (χ4v) is 3.23. The number of rotatable bonds is 7. The number of nitrogens with one attached hydrogen (secondary N) is 2. The largest absolute Gasteiger partial charge is 0.493 e. The van der Waals surface area contributed by atoms with Crippen molar-refractivity contribution in [2.24, 2.45) is 0 Å². The van der Waals surface area contributed by atoms with Crippen LogP contribution in [0, 0.1) is 0 Å². The number of ether oxygens (including phenoxy) is 2. The number of likely N-dealkylation sites (tertiary alicyclic amines) is 1. The smallest absolute Gasteiger partial charge is 0.319 e. The molecule has 3 rings (SSSR count). The quantitative estimate of drug-likeness (QED) is 0.771. The SMILES string of the molecule is COc1ccccc1Oc1ccc(NC(=O)N[C@@H](C)CN2CCCC2)cc1. The highest BCUT2D eigenvalue weighted by atomic mass is 16.5. The van der Waals surface area contributed by atoms with Crippen molar-refractivity contribution in [1.29, 1.82) is 0 Å². The van der Waals surface area contributed by atoms with Crippen molar-refractivity contribution in [3.05, 3.63) is 48.5 Å². The Labute approximate surface area is 160 Å². The summed E-state index contributed by atoms with van der Waals surface area (Å²) in [4.78, 5) is 14.6.